The molecule has 24 heavy (non-hydrogen) atoms. The lowest BCUT2D eigenvalue weighted by Crippen LogP contribution is -2.30. The topological polar surface area (TPSA) is 81.2 Å². The van der Waals surface area contributed by atoms with Crippen LogP contribution < -0.4 is 5.73 Å². The molecule has 3 rings (SSSR count). The highest BCUT2D eigenvalue weighted by Crippen LogP contribution is 2.36. The third-order valence-electron chi connectivity index (χ3n) is 4.98. The Hall–Kier alpha value is -1.70. The van der Waals surface area contributed by atoms with Crippen molar-refractivity contribution in [3.8, 4) is 0 Å². The van der Waals surface area contributed by atoms with E-state index in [0.29, 0.717) is 35.9 Å². The summed E-state index contributed by atoms with van der Waals surface area (Å²) in [6.45, 7) is 4.91. The molecule has 1 aliphatic heterocycles. The van der Waals surface area contributed by atoms with Crippen molar-refractivity contribution < 1.29 is 8.42 Å². The van der Waals surface area contributed by atoms with Gasteiger partial charge in [-0.2, -0.15) is 9.40 Å². The van der Waals surface area contributed by atoms with Gasteiger partial charge in [-0.15, -0.1) is 0 Å². The van der Waals surface area contributed by atoms with Gasteiger partial charge in [-0.1, -0.05) is 30.3 Å². The van der Waals surface area contributed by atoms with Gasteiger partial charge >= 0.3 is 0 Å². The van der Waals surface area contributed by atoms with Gasteiger partial charge in [0.05, 0.1) is 11.4 Å². The summed E-state index contributed by atoms with van der Waals surface area (Å²) in [6, 6.07) is 10.0. The van der Waals surface area contributed by atoms with Gasteiger partial charge in [-0.3, -0.25) is 4.68 Å². The zero-order chi connectivity index (χ0) is 17.5. The van der Waals surface area contributed by atoms with Crippen LogP contribution in [0.1, 0.15) is 22.9 Å². The van der Waals surface area contributed by atoms with Crippen molar-refractivity contribution in [1.29, 1.82) is 0 Å². The quantitative estimate of drug-likeness (QED) is 0.905. The standard InChI is InChI=1S/C17H24N4O2S/c1-12-17(13(2)20(3)19-12)24(22,23)21-10-15(9-18)16(11-21)14-7-5-4-6-8-14/h4-8,15-16H,9-11,18H2,1-3H3/t15-,16+/m1/s1. The van der Waals surface area contributed by atoms with Gasteiger partial charge in [-0.05, 0) is 31.9 Å². The van der Waals surface area contributed by atoms with Gasteiger partial charge in [0.25, 0.3) is 0 Å². The Morgan fingerprint density at radius 1 is 1.21 bits per heavy atom. The highest BCUT2D eigenvalue weighted by molar-refractivity contribution is 7.89. The predicted molar refractivity (Wildman–Crippen MR) is 93.2 cm³/mol. The first-order valence-corrected chi connectivity index (χ1v) is 9.55. The highest BCUT2D eigenvalue weighted by atomic mass is 32.2. The number of aromatic nitrogens is 2. The summed E-state index contributed by atoms with van der Waals surface area (Å²) in [4.78, 5) is 0.328. The van der Waals surface area contributed by atoms with Crippen LogP contribution in [0.3, 0.4) is 0 Å². The van der Waals surface area contributed by atoms with E-state index >= 15 is 0 Å². The molecule has 2 aromatic rings. The second kappa shape index (κ2) is 6.31. The number of hydrogen-bond acceptors (Lipinski definition) is 4. The maximum atomic E-state index is 13.2. The fourth-order valence-electron chi connectivity index (χ4n) is 3.60. The van der Waals surface area contributed by atoms with E-state index in [1.807, 2.05) is 30.3 Å². The van der Waals surface area contributed by atoms with E-state index < -0.39 is 10.0 Å². The number of hydrogen-bond donors (Lipinski definition) is 1. The summed E-state index contributed by atoms with van der Waals surface area (Å²) in [5.74, 6) is 0.253. The minimum atomic E-state index is -3.57. The first kappa shape index (κ1) is 17.1. The largest absolute Gasteiger partial charge is 0.330 e. The number of rotatable bonds is 4. The molecule has 2 N–H and O–H groups in total. The van der Waals surface area contributed by atoms with Crippen LogP contribution in [-0.2, 0) is 17.1 Å². The Morgan fingerprint density at radius 3 is 2.42 bits per heavy atom. The second-order valence-electron chi connectivity index (χ2n) is 6.46. The summed E-state index contributed by atoms with van der Waals surface area (Å²) < 4.78 is 29.5. The second-order valence-corrected chi connectivity index (χ2v) is 8.33. The van der Waals surface area contributed by atoms with Crippen molar-refractivity contribution >= 4 is 10.0 Å². The molecule has 0 unspecified atom stereocenters. The normalized spacial score (nSPS) is 22.2. The van der Waals surface area contributed by atoms with Gasteiger partial charge in [-0.25, -0.2) is 8.42 Å². The van der Waals surface area contributed by atoms with Gasteiger partial charge in [0.1, 0.15) is 4.90 Å². The van der Waals surface area contributed by atoms with E-state index in [0.717, 1.165) is 5.56 Å². The molecule has 1 aromatic heterocycles. The summed E-state index contributed by atoms with van der Waals surface area (Å²) in [6.07, 6.45) is 0. The molecule has 0 amide bonds. The maximum absolute atomic E-state index is 13.2. The molecule has 1 aliphatic rings. The number of benzene rings is 1. The van der Waals surface area contributed by atoms with E-state index in [1.165, 1.54) is 0 Å². The Bertz CT molecular complexity index is 830. The molecule has 130 valence electrons. The average Bonchev–Trinajstić information content (AvgIpc) is 3.10. The number of nitrogens with zero attached hydrogens (tertiary/aromatic N) is 3. The SMILES string of the molecule is Cc1nn(C)c(C)c1S(=O)(=O)N1C[C@@H](CN)[C@H](c2ccccc2)C1. The molecule has 6 nitrogen and oxygen atoms in total. The predicted octanol–water partition coefficient (Wildman–Crippen LogP) is 1.40. The Labute approximate surface area is 143 Å². The van der Waals surface area contributed by atoms with Crippen LogP contribution in [0.25, 0.3) is 0 Å². The summed E-state index contributed by atoms with van der Waals surface area (Å²) in [5.41, 5.74) is 8.29. The van der Waals surface area contributed by atoms with Crippen molar-refractivity contribution in [3.05, 3.63) is 47.3 Å². The van der Waals surface area contributed by atoms with E-state index in [-0.39, 0.29) is 11.8 Å². The molecule has 0 bridgehead atoms. The average molecular weight is 348 g/mol. The number of sulfonamides is 1. The van der Waals surface area contributed by atoms with Crippen molar-refractivity contribution in [3.63, 3.8) is 0 Å². The van der Waals surface area contributed by atoms with Gasteiger partial charge < -0.3 is 5.73 Å². The number of aryl methyl sites for hydroxylation is 2. The monoisotopic (exact) mass is 348 g/mol. The molecule has 0 aliphatic carbocycles. The van der Waals surface area contributed by atoms with E-state index in [4.69, 9.17) is 5.73 Å². The van der Waals surface area contributed by atoms with E-state index in [2.05, 4.69) is 5.10 Å². The molecule has 0 saturated carbocycles. The van der Waals surface area contributed by atoms with E-state index in [1.54, 1.807) is 29.9 Å². The molecule has 0 radical (unpaired) electrons. The molecular formula is C17H24N4O2S. The summed E-state index contributed by atoms with van der Waals surface area (Å²) in [5, 5.41) is 4.25. The molecular weight excluding hydrogens is 324 g/mol. The lowest BCUT2D eigenvalue weighted by atomic mass is 9.89. The smallest absolute Gasteiger partial charge is 0.246 e. The number of nitrogens with two attached hydrogens (primary N) is 1. The van der Waals surface area contributed by atoms with Crippen LogP contribution in [0.15, 0.2) is 35.2 Å². The minimum absolute atomic E-state index is 0.124. The van der Waals surface area contributed by atoms with Crippen LogP contribution in [0, 0.1) is 19.8 Å². The van der Waals surface area contributed by atoms with Crippen molar-refractivity contribution in [2.45, 2.75) is 24.7 Å². The summed E-state index contributed by atoms with van der Waals surface area (Å²) >= 11 is 0. The Balaban J connectivity index is 1.96. The molecule has 1 aromatic carbocycles. The van der Waals surface area contributed by atoms with Crippen LogP contribution >= 0.6 is 0 Å². The molecule has 1 saturated heterocycles. The lowest BCUT2D eigenvalue weighted by Gasteiger charge is -2.17. The highest BCUT2D eigenvalue weighted by Gasteiger charge is 2.41. The van der Waals surface area contributed by atoms with Gasteiger partial charge in [0.2, 0.25) is 10.0 Å². The third kappa shape index (κ3) is 2.76. The van der Waals surface area contributed by atoms with Crippen LogP contribution in [0.4, 0.5) is 0 Å². The first-order chi connectivity index (χ1) is 11.4. The fourth-order valence-corrected chi connectivity index (χ4v) is 5.52. The molecule has 7 heteroatoms. The van der Waals surface area contributed by atoms with Crippen LogP contribution in [-0.4, -0.2) is 42.1 Å². The summed E-state index contributed by atoms with van der Waals surface area (Å²) in [7, 11) is -1.80. The van der Waals surface area contributed by atoms with Crippen molar-refractivity contribution in [2.24, 2.45) is 18.7 Å². The first-order valence-electron chi connectivity index (χ1n) is 8.11. The Kier molecular flexibility index (Phi) is 4.50. The Morgan fingerprint density at radius 2 is 1.88 bits per heavy atom. The maximum Gasteiger partial charge on any atom is 0.246 e. The molecule has 1 fully saturated rings. The molecule has 0 spiro atoms. The van der Waals surface area contributed by atoms with Crippen LogP contribution in [0.5, 0.6) is 0 Å². The minimum Gasteiger partial charge on any atom is -0.330 e. The zero-order valence-corrected chi connectivity index (χ0v) is 15.1. The zero-order valence-electron chi connectivity index (χ0n) is 14.3. The van der Waals surface area contributed by atoms with Crippen molar-refractivity contribution in [2.75, 3.05) is 19.6 Å². The van der Waals surface area contributed by atoms with Crippen LogP contribution in [0.2, 0.25) is 0 Å². The van der Waals surface area contributed by atoms with Gasteiger partial charge in [0.15, 0.2) is 0 Å². The molecule has 2 heterocycles. The fraction of sp³-hybridized carbons (Fsp3) is 0.471. The van der Waals surface area contributed by atoms with Gasteiger partial charge in [0, 0.05) is 26.1 Å². The van der Waals surface area contributed by atoms with Crippen molar-refractivity contribution in [1.82, 2.24) is 14.1 Å². The lowest BCUT2D eigenvalue weighted by molar-refractivity contribution is 0.458. The third-order valence-corrected chi connectivity index (χ3v) is 7.06. The molecule has 2 atom stereocenters. The van der Waals surface area contributed by atoms with E-state index in [9.17, 15) is 8.42 Å².